The van der Waals surface area contributed by atoms with Crippen LogP contribution in [0.2, 0.25) is 0 Å². The lowest BCUT2D eigenvalue weighted by Gasteiger charge is -2.42. The Hall–Kier alpha value is -1.14. The molecule has 1 aromatic rings. The number of anilines is 1. The number of carboxylic acid groups (broad SMARTS) is 1. The Morgan fingerprint density at radius 3 is 2.39 bits per heavy atom. The van der Waals surface area contributed by atoms with Crippen molar-refractivity contribution in [2.24, 2.45) is 0 Å². The highest BCUT2D eigenvalue weighted by Gasteiger charge is 2.27. The van der Waals surface area contributed by atoms with Crippen molar-refractivity contribution in [1.29, 1.82) is 0 Å². The van der Waals surface area contributed by atoms with E-state index >= 15 is 0 Å². The summed E-state index contributed by atoms with van der Waals surface area (Å²) in [6, 6.07) is 0. The van der Waals surface area contributed by atoms with Gasteiger partial charge in [0, 0.05) is 37.1 Å². The minimum Gasteiger partial charge on any atom is -0.476 e. The molecule has 6 heteroatoms. The summed E-state index contributed by atoms with van der Waals surface area (Å²) in [5, 5.41) is 11.3. The van der Waals surface area contributed by atoms with E-state index in [1.807, 2.05) is 0 Å². The van der Waals surface area contributed by atoms with Crippen LogP contribution in [0.4, 0.5) is 5.13 Å². The number of aromatic nitrogens is 1. The minimum absolute atomic E-state index is 0.147. The van der Waals surface area contributed by atoms with E-state index in [0.29, 0.717) is 0 Å². The number of piperazine rings is 1. The van der Waals surface area contributed by atoms with E-state index < -0.39 is 5.97 Å². The molecule has 0 radical (unpaired) electrons. The number of thiazole rings is 1. The topological polar surface area (TPSA) is 56.7 Å². The third kappa shape index (κ3) is 2.81. The van der Waals surface area contributed by atoms with Crippen LogP contribution in [-0.2, 0) is 0 Å². The minimum atomic E-state index is -0.953. The van der Waals surface area contributed by atoms with Crippen molar-refractivity contribution in [1.82, 2.24) is 9.88 Å². The highest BCUT2D eigenvalue weighted by molar-refractivity contribution is 7.13. The number of hydrogen-bond donors (Lipinski definition) is 1. The Balaban J connectivity index is 1.99. The fourth-order valence-electron chi connectivity index (χ4n) is 2.08. The van der Waals surface area contributed by atoms with Crippen LogP contribution in [0.5, 0.6) is 0 Å². The molecule has 1 aromatic heterocycles. The Morgan fingerprint density at radius 2 is 1.94 bits per heavy atom. The normalized spacial score (nSPS) is 18.1. The van der Waals surface area contributed by atoms with Crippen LogP contribution in [0, 0.1) is 0 Å². The third-order valence-electron chi connectivity index (χ3n) is 3.21. The zero-order valence-corrected chi connectivity index (χ0v) is 11.8. The molecule has 1 N–H and O–H groups in total. The van der Waals surface area contributed by atoms with E-state index in [0.717, 1.165) is 31.3 Å². The molecule has 0 aromatic carbocycles. The molecule has 0 aliphatic carbocycles. The van der Waals surface area contributed by atoms with Crippen molar-refractivity contribution in [3.8, 4) is 0 Å². The predicted octanol–water partition coefficient (Wildman–Crippen LogP) is 1.76. The zero-order valence-electron chi connectivity index (χ0n) is 11.0. The average Bonchev–Trinajstić information content (AvgIpc) is 2.77. The average molecular weight is 269 g/mol. The van der Waals surface area contributed by atoms with Gasteiger partial charge in [-0.25, -0.2) is 9.78 Å². The molecule has 1 aliphatic heterocycles. The van der Waals surface area contributed by atoms with E-state index in [2.05, 4.69) is 35.6 Å². The van der Waals surface area contributed by atoms with E-state index in [1.54, 1.807) is 5.38 Å². The lowest BCUT2D eigenvalue weighted by atomic mass is 10.1. The Labute approximate surface area is 111 Å². The van der Waals surface area contributed by atoms with Crippen LogP contribution in [0.3, 0.4) is 0 Å². The first-order chi connectivity index (χ1) is 8.38. The van der Waals surface area contributed by atoms with E-state index in [1.165, 1.54) is 11.3 Å². The van der Waals surface area contributed by atoms with Gasteiger partial charge in [0.2, 0.25) is 0 Å². The second kappa shape index (κ2) is 4.85. The summed E-state index contributed by atoms with van der Waals surface area (Å²) in [6.07, 6.45) is 0. The first kappa shape index (κ1) is 13.3. The molecule has 1 aliphatic rings. The van der Waals surface area contributed by atoms with Gasteiger partial charge in [0.25, 0.3) is 0 Å². The van der Waals surface area contributed by atoms with Gasteiger partial charge in [0.05, 0.1) is 0 Å². The maximum Gasteiger partial charge on any atom is 0.355 e. The number of carbonyl (C=O) groups is 1. The van der Waals surface area contributed by atoms with Crippen LogP contribution in [0.25, 0.3) is 0 Å². The summed E-state index contributed by atoms with van der Waals surface area (Å²) in [6.45, 7) is 10.4. The molecular weight excluding hydrogens is 250 g/mol. The lowest BCUT2D eigenvalue weighted by Crippen LogP contribution is -2.53. The predicted molar refractivity (Wildman–Crippen MR) is 72.6 cm³/mol. The number of carboxylic acids is 1. The highest BCUT2D eigenvalue weighted by Crippen LogP contribution is 2.24. The van der Waals surface area contributed by atoms with Gasteiger partial charge in [-0.05, 0) is 20.8 Å². The van der Waals surface area contributed by atoms with Crippen molar-refractivity contribution >= 4 is 22.4 Å². The van der Waals surface area contributed by atoms with Gasteiger partial charge in [-0.1, -0.05) is 0 Å². The molecule has 2 heterocycles. The fraction of sp³-hybridized carbons (Fsp3) is 0.667. The molecular formula is C12H19N3O2S. The molecule has 100 valence electrons. The van der Waals surface area contributed by atoms with Gasteiger partial charge < -0.3 is 10.0 Å². The molecule has 0 unspecified atom stereocenters. The van der Waals surface area contributed by atoms with Gasteiger partial charge in [-0.15, -0.1) is 11.3 Å². The van der Waals surface area contributed by atoms with Crippen molar-refractivity contribution in [3.63, 3.8) is 0 Å². The molecule has 0 atom stereocenters. The summed E-state index contributed by atoms with van der Waals surface area (Å²) in [5.74, 6) is -0.953. The molecule has 2 rings (SSSR count). The number of rotatable bonds is 2. The standard InChI is InChI=1S/C12H19N3O2S/c1-12(2,3)15-6-4-14(5-7-15)11-13-9(8-18-11)10(16)17/h8H,4-7H2,1-3H3,(H,16,17). The number of hydrogen-bond acceptors (Lipinski definition) is 5. The number of aromatic carboxylic acids is 1. The van der Waals surface area contributed by atoms with Gasteiger partial charge in [-0.2, -0.15) is 0 Å². The summed E-state index contributed by atoms with van der Waals surface area (Å²) in [4.78, 5) is 19.6. The van der Waals surface area contributed by atoms with Crippen molar-refractivity contribution in [2.75, 3.05) is 31.1 Å². The van der Waals surface area contributed by atoms with Crippen LogP contribution in [0.15, 0.2) is 5.38 Å². The maximum atomic E-state index is 10.8. The Kier molecular flexibility index (Phi) is 3.59. The van der Waals surface area contributed by atoms with Gasteiger partial charge in [0.15, 0.2) is 10.8 Å². The Bertz CT molecular complexity index is 431. The second-order valence-electron chi connectivity index (χ2n) is 5.47. The second-order valence-corrected chi connectivity index (χ2v) is 6.30. The smallest absolute Gasteiger partial charge is 0.355 e. The molecule has 0 bridgehead atoms. The number of nitrogens with zero attached hydrogens (tertiary/aromatic N) is 3. The highest BCUT2D eigenvalue weighted by atomic mass is 32.1. The fourth-order valence-corrected chi connectivity index (χ4v) is 2.93. The first-order valence-corrected chi connectivity index (χ1v) is 6.95. The quantitative estimate of drug-likeness (QED) is 0.886. The van der Waals surface area contributed by atoms with Crippen LogP contribution < -0.4 is 4.90 Å². The molecule has 5 nitrogen and oxygen atoms in total. The Morgan fingerprint density at radius 1 is 1.33 bits per heavy atom. The van der Waals surface area contributed by atoms with E-state index in [-0.39, 0.29) is 11.2 Å². The summed E-state index contributed by atoms with van der Waals surface area (Å²) < 4.78 is 0. The summed E-state index contributed by atoms with van der Waals surface area (Å²) >= 11 is 1.41. The van der Waals surface area contributed by atoms with Crippen LogP contribution in [0.1, 0.15) is 31.3 Å². The molecule has 0 saturated carbocycles. The van der Waals surface area contributed by atoms with E-state index in [4.69, 9.17) is 5.11 Å². The molecule has 0 spiro atoms. The maximum absolute atomic E-state index is 10.8. The third-order valence-corrected chi connectivity index (χ3v) is 4.11. The first-order valence-electron chi connectivity index (χ1n) is 6.07. The summed E-state index contributed by atoms with van der Waals surface area (Å²) in [5.41, 5.74) is 0.342. The molecule has 0 amide bonds. The molecule has 1 fully saturated rings. The van der Waals surface area contributed by atoms with Gasteiger partial charge >= 0.3 is 5.97 Å². The SMILES string of the molecule is CC(C)(C)N1CCN(c2nc(C(=O)O)cs2)CC1. The largest absolute Gasteiger partial charge is 0.476 e. The van der Waals surface area contributed by atoms with E-state index in [9.17, 15) is 4.79 Å². The van der Waals surface area contributed by atoms with Crippen molar-refractivity contribution in [3.05, 3.63) is 11.1 Å². The van der Waals surface area contributed by atoms with Crippen LogP contribution >= 0.6 is 11.3 Å². The summed E-state index contributed by atoms with van der Waals surface area (Å²) in [7, 11) is 0. The van der Waals surface area contributed by atoms with Crippen LogP contribution in [-0.4, -0.2) is 52.7 Å². The van der Waals surface area contributed by atoms with Crippen molar-refractivity contribution in [2.45, 2.75) is 26.3 Å². The van der Waals surface area contributed by atoms with Gasteiger partial charge in [0.1, 0.15) is 0 Å². The van der Waals surface area contributed by atoms with Crippen molar-refractivity contribution < 1.29 is 9.90 Å². The van der Waals surface area contributed by atoms with Gasteiger partial charge in [-0.3, -0.25) is 4.90 Å². The lowest BCUT2D eigenvalue weighted by molar-refractivity contribution is 0.0691. The molecule has 1 saturated heterocycles. The monoisotopic (exact) mass is 269 g/mol. The zero-order chi connectivity index (χ0) is 13.3. The molecule has 18 heavy (non-hydrogen) atoms.